The number of thiazole rings is 1. The highest BCUT2D eigenvalue weighted by Gasteiger charge is 2.02. The Hall–Kier alpha value is -2.22. The molecule has 0 radical (unpaired) electrons. The summed E-state index contributed by atoms with van der Waals surface area (Å²) in [5.41, 5.74) is 9.00. The number of nitrogens with two attached hydrogens (primary N) is 1. The van der Waals surface area contributed by atoms with Gasteiger partial charge in [-0.15, -0.1) is 11.3 Å². The molecule has 8 heteroatoms. The summed E-state index contributed by atoms with van der Waals surface area (Å²) < 4.78 is 28.8. The maximum absolute atomic E-state index is 12.0. The third-order valence-corrected chi connectivity index (χ3v) is 2.92. The number of nitrogen functional groups attached to an aromatic ring is 1. The Morgan fingerprint density at radius 3 is 2.75 bits per heavy atom. The number of hydrazone groups is 1. The van der Waals surface area contributed by atoms with Crippen molar-refractivity contribution in [2.75, 3.05) is 17.8 Å². The van der Waals surface area contributed by atoms with Crippen molar-refractivity contribution in [2.45, 2.75) is 6.43 Å². The Balaban J connectivity index is 1.86. The minimum absolute atomic E-state index is 0.392. The lowest BCUT2D eigenvalue weighted by atomic mass is 10.2. The van der Waals surface area contributed by atoms with E-state index >= 15 is 0 Å². The van der Waals surface area contributed by atoms with Gasteiger partial charge in [-0.3, -0.25) is 5.43 Å². The largest absolute Gasteiger partial charge is 0.488 e. The van der Waals surface area contributed by atoms with Crippen LogP contribution < -0.4 is 15.9 Å². The van der Waals surface area contributed by atoms with Crippen LogP contribution in [0.2, 0.25) is 0 Å². The molecule has 0 atom stereocenters. The quantitative estimate of drug-likeness (QED) is 0.635. The van der Waals surface area contributed by atoms with E-state index in [1.54, 1.807) is 35.9 Å². The Kier molecular flexibility index (Phi) is 4.83. The number of hydrogen-bond donors (Lipinski definition) is 2. The second-order valence-electron chi connectivity index (χ2n) is 3.72. The molecule has 3 N–H and O–H groups in total. The van der Waals surface area contributed by atoms with Crippen molar-refractivity contribution >= 4 is 28.5 Å². The molecule has 1 heterocycles. The van der Waals surface area contributed by atoms with Crippen LogP contribution in [-0.2, 0) is 0 Å². The predicted octanol–water partition coefficient (Wildman–Crippen LogP) is 2.82. The number of alkyl halides is 2. The molecule has 0 unspecified atom stereocenters. The topological polar surface area (TPSA) is 72.5 Å². The van der Waals surface area contributed by atoms with E-state index in [2.05, 4.69) is 15.5 Å². The van der Waals surface area contributed by atoms with E-state index < -0.39 is 13.0 Å². The molecule has 0 aliphatic heterocycles. The molecule has 1 aromatic heterocycles. The number of nitrogens with one attached hydrogen (secondary N) is 1. The zero-order valence-electron chi connectivity index (χ0n) is 10.3. The molecule has 2 aromatic rings. The molecular formula is C12H12F2N4OS. The smallest absolute Gasteiger partial charge is 0.272 e. The van der Waals surface area contributed by atoms with Gasteiger partial charge in [0.25, 0.3) is 6.43 Å². The van der Waals surface area contributed by atoms with Gasteiger partial charge in [0.1, 0.15) is 18.2 Å². The van der Waals surface area contributed by atoms with Gasteiger partial charge in [0.05, 0.1) is 6.21 Å². The Morgan fingerprint density at radius 1 is 1.40 bits per heavy atom. The van der Waals surface area contributed by atoms with Crippen LogP contribution in [-0.4, -0.2) is 24.2 Å². The highest BCUT2D eigenvalue weighted by Crippen LogP contribution is 2.16. The SMILES string of the molecule is Nc1csc(NN=Cc2ccc(OCC(F)F)cc2)n1. The van der Waals surface area contributed by atoms with Gasteiger partial charge in [0.2, 0.25) is 5.13 Å². The van der Waals surface area contributed by atoms with Crippen LogP contribution in [0.5, 0.6) is 5.75 Å². The Bertz CT molecular complexity index is 571. The maximum Gasteiger partial charge on any atom is 0.272 e. The summed E-state index contributed by atoms with van der Waals surface area (Å²) in [5.74, 6) is 0.830. The number of anilines is 2. The van der Waals surface area contributed by atoms with Crippen molar-refractivity contribution in [3.63, 3.8) is 0 Å². The number of benzene rings is 1. The van der Waals surface area contributed by atoms with Gasteiger partial charge >= 0.3 is 0 Å². The third-order valence-electron chi connectivity index (χ3n) is 2.15. The van der Waals surface area contributed by atoms with Crippen LogP contribution in [0, 0.1) is 0 Å². The summed E-state index contributed by atoms with van der Waals surface area (Å²) >= 11 is 1.34. The van der Waals surface area contributed by atoms with Gasteiger partial charge < -0.3 is 10.5 Å². The normalized spacial score (nSPS) is 11.2. The maximum atomic E-state index is 12.0. The molecule has 0 aliphatic rings. The first-order valence-electron chi connectivity index (χ1n) is 5.64. The van der Waals surface area contributed by atoms with E-state index in [0.717, 1.165) is 5.56 Å². The summed E-state index contributed by atoms with van der Waals surface area (Å²) in [5, 5.41) is 6.28. The molecule has 2 rings (SSSR count). The highest BCUT2D eigenvalue weighted by atomic mass is 32.1. The van der Waals surface area contributed by atoms with Crippen LogP contribution in [0.4, 0.5) is 19.7 Å². The van der Waals surface area contributed by atoms with Crippen molar-refractivity contribution in [2.24, 2.45) is 5.10 Å². The van der Waals surface area contributed by atoms with Crippen molar-refractivity contribution in [3.05, 3.63) is 35.2 Å². The van der Waals surface area contributed by atoms with Crippen molar-refractivity contribution in [1.82, 2.24) is 4.98 Å². The first kappa shape index (κ1) is 14.2. The minimum Gasteiger partial charge on any atom is -0.488 e. The Morgan fingerprint density at radius 2 is 2.15 bits per heavy atom. The molecule has 1 aromatic carbocycles. The molecule has 0 spiro atoms. The van der Waals surface area contributed by atoms with Gasteiger partial charge in [-0.25, -0.2) is 13.8 Å². The number of rotatable bonds is 6. The fourth-order valence-corrected chi connectivity index (χ4v) is 1.86. The fraction of sp³-hybridized carbons (Fsp3) is 0.167. The molecule has 106 valence electrons. The molecule has 5 nitrogen and oxygen atoms in total. The van der Waals surface area contributed by atoms with Crippen molar-refractivity contribution in [1.29, 1.82) is 0 Å². The fourth-order valence-electron chi connectivity index (χ4n) is 1.31. The van der Waals surface area contributed by atoms with Gasteiger partial charge in [0, 0.05) is 5.38 Å². The van der Waals surface area contributed by atoms with E-state index in [0.29, 0.717) is 16.7 Å². The monoisotopic (exact) mass is 298 g/mol. The van der Waals surface area contributed by atoms with Gasteiger partial charge in [0.15, 0.2) is 0 Å². The predicted molar refractivity (Wildman–Crippen MR) is 75.7 cm³/mol. The zero-order valence-corrected chi connectivity index (χ0v) is 11.1. The molecule has 20 heavy (non-hydrogen) atoms. The number of hydrogen-bond acceptors (Lipinski definition) is 6. The lowest BCUT2D eigenvalue weighted by Crippen LogP contribution is -2.06. The molecule has 0 saturated carbocycles. The van der Waals surface area contributed by atoms with Gasteiger partial charge in [-0.05, 0) is 29.8 Å². The molecule has 0 amide bonds. The summed E-state index contributed by atoms with van der Waals surface area (Å²) in [6, 6.07) is 6.63. The van der Waals surface area contributed by atoms with Crippen molar-refractivity contribution in [3.8, 4) is 5.75 Å². The van der Waals surface area contributed by atoms with E-state index in [4.69, 9.17) is 10.5 Å². The van der Waals surface area contributed by atoms with E-state index in [-0.39, 0.29) is 0 Å². The molecule has 0 saturated heterocycles. The standard InChI is InChI=1S/C12H12F2N4OS/c13-10(14)6-19-9-3-1-8(2-4-9)5-16-18-12-17-11(15)7-20-12/h1-5,7,10H,6,15H2,(H,17,18). The van der Waals surface area contributed by atoms with E-state index in [1.165, 1.54) is 11.3 Å². The van der Waals surface area contributed by atoms with Gasteiger partial charge in [-0.2, -0.15) is 5.10 Å². The van der Waals surface area contributed by atoms with E-state index in [1.807, 2.05) is 0 Å². The summed E-state index contributed by atoms with van der Waals surface area (Å²) in [6.07, 6.45) is -0.903. The molecule has 0 bridgehead atoms. The lowest BCUT2D eigenvalue weighted by molar-refractivity contribution is 0.0819. The number of nitrogens with zero attached hydrogens (tertiary/aromatic N) is 2. The van der Waals surface area contributed by atoms with Crippen molar-refractivity contribution < 1.29 is 13.5 Å². The average Bonchev–Trinajstić information content (AvgIpc) is 2.83. The summed E-state index contributed by atoms with van der Waals surface area (Å²) in [6.45, 7) is -0.611. The third kappa shape index (κ3) is 4.47. The average molecular weight is 298 g/mol. The molecule has 0 aliphatic carbocycles. The second-order valence-corrected chi connectivity index (χ2v) is 4.58. The highest BCUT2D eigenvalue weighted by molar-refractivity contribution is 7.14. The van der Waals surface area contributed by atoms with Crippen LogP contribution >= 0.6 is 11.3 Å². The number of aromatic nitrogens is 1. The first-order valence-corrected chi connectivity index (χ1v) is 6.52. The van der Waals surface area contributed by atoms with Crippen LogP contribution in [0.1, 0.15) is 5.56 Å². The van der Waals surface area contributed by atoms with Crippen LogP contribution in [0.15, 0.2) is 34.7 Å². The van der Waals surface area contributed by atoms with E-state index in [9.17, 15) is 8.78 Å². The molecule has 0 fully saturated rings. The zero-order chi connectivity index (χ0) is 14.4. The lowest BCUT2D eigenvalue weighted by Gasteiger charge is -2.04. The van der Waals surface area contributed by atoms with Gasteiger partial charge in [-0.1, -0.05) is 0 Å². The number of ether oxygens (including phenoxy) is 1. The van der Waals surface area contributed by atoms with Crippen LogP contribution in [0.25, 0.3) is 0 Å². The summed E-state index contributed by atoms with van der Waals surface area (Å²) in [7, 11) is 0. The van der Waals surface area contributed by atoms with Crippen LogP contribution in [0.3, 0.4) is 0 Å². The number of halogens is 2. The second kappa shape index (κ2) is 6.80. The Labute approximate surface area is 118 Å². The first-order chi connectivity index (χ1) is 9.63. The summed E-state index contributed by atoms with van der Waals surface area (Å²) in [4.78, 5) is 3.98. The molecular weight excluding hydrogens is 286 g/mol. The minimum atomic E-state index is -2.48.